The van der Waals surface area contributed by atoms with E-state index in [4.69, 9.17) is 5.11 Å². The molecule has 0 radical (unpaired) electrons. The van der Waals surface area contributed by atoms with Gasteiger partial charge in [-0.25, -0.2) is 0 Å². The van der Waals surface area contributed by atoms with E-state index in [0.29, 0.717) is 6.04 Å². The molecule has 1 atom stereocenters. The van der Waals surface area contributed by atoms with Crippen LogP contribution in [0.2, 0.25) is 0 Å². The number of hydrogen-bond acceptors (Lipinski definition) is 2. The average molecular weight is 171 g/mol. The van der Waals surface area contributed by atoms with E-state index in [1.165, 1.54) is 6.42 Å². The first-order valence-electron chi connectivity index (χ1n) is 4.68. The molecule has 0 saturated heterocycles. The molecule has 0 amide bonds. The van der Waals surface area contributed by atoms with Gasteiger partial charge < -0.3 is 5.11 Å². The monoisotopic (exact) mass is 171 g/mol. The van der Waals surface area contributed by atoms with Crippen LogP contribution in [0.15, 0.2) is 12.7 Å². The highest BCUT2D eigenvalue weighted by molar-refractivity contribution is 4.76. The number of hydrogen-bond donors (Lipinski definition) is 1. The summed E-state index contributed by atoms with van der Waals surface area (Å²) in [6.45, 7) is 7.06. The van der Waals surface area contributed by atoms with E-state index in [-0.39, 0.29) is 6.61 Å². The fourth-order valence-electron chi connectivity index (χ4n) is 1.42. The van der Waals surface area contributed by atoms with Gasteiger partial charge in [0.2, 0.25) is 0 Å². The molecule has 1 unspecified atom stereocenters. The van der Waals surface area contributed by atoms with Crippen LogP contribution in [0.25, 0.3) is 0 Å². The Morgan fingerprint density at radius 1 is 1.50 bits per heavy atom. The van der Waals surface area contributed by atoms with Crippen LogP contribution in [-0.4, -0.2) is 36.2 Å². The molecule has 0 aromatic heterocycles. The molecular formula is C10H21NO. The molecule has 1 N–H and O–H groups in total. The zero-order valence-corrected chi connectivity index (χ0v) is 8.29. The zero-order chi connectivity index (χ0) is 9.40. The van der Waals surface area contributed by atoms with E-state index in [2.05, 4.69) is 25.5 Å². The minimum Gasteiger partial charge on any atom is -0.396 e. The second-order valence-corrected chi connectivity index (χ2v) is 3.18. The molecule has 72 valence electrons. The van der Waals surface area contributed by atoms with Crippen molar-refractivity contribution >= 4 is 0 Å². The predicted molar refractivity (Wildman–Crippen MR) is 53.2 cm³/mol. The van der Waals surface area contributed by atoms with E-state index in [1.54, 1.807) is 0 Å². The fourth-order valence-corrected chi connectivity index (χ4v) is 1.42. The lowest BCUT2D eigenvalue weighted by molar-refractivity contribution is 0.188. The SMILES string of the molecule is C=CCN(C)C(CCC)CCO. The standard InChI is InChI=1S/C10H21NO/c1-4-6-10(7-9-12)11(3)8-5-2/h5,10,12H,2,4,6-9H2,1,3H3. The molecule has 0 aromatic carbocycles. The lowest BCUT2D eigenvalue weighted by Gasteiger charge is -2.25. The van der Waals surface area contributed by atoms with Gasteiger partial charge in [-0.15, -0.1) is 6.58 Å². The molecule has 0 bridgehead atoms. The molecular weight excluding hydrogens is 150 g/mol. The van der Waals surface area contributed by atoms with Gasteiger partial charge in [0.05, 0.1) is 0 Å². The van der Waals surface area contributed by atoms with Crippen LogP contribution in [0.1, 0.15) is 26.2 Å². The summed E-state index contributed by atoms with van der Waals surface area (Å²) >= 11 is 0. The molecule has 2 nitrogen and oxygen atoms in total. The van der Waals surface area contributed by atoms with E-state index < -0.39 is 0 Å². The van der Waals surface area contributed by atoms with E-state index in [0.717, 1.165) is 19.4 Å². The number of aliphatic hydroxyl groups excluding tert-OH is 1. The third-order valence-corrected chi connectivity index (χ3v) is 2.12. The minimum atomic E-state index is 0.284. The molecule has 0 rings (SSSR count). The molecule has 0 fully saturated rings. The number of aliphatic hydroxyl groups is 1. The highest BCUT2D eigenvalue weighted by atomic mass is 16.3. The summed E-state index contributed by atoms with van der Waals surface area (Å²) < 4.78 is 0. The first-order valence-corrected chi connectivity index (χ1v) is 4.68. The van der Waals surface area contributed by atoms with Gasteiger partial charge in [0, 0.05) is 19.2 Å². The van der Waals surface area contributed by atoms with Gasteiger partial charge >= 0.3 is 0 Å². The second kappa shape index (κ2) is 7.32. The van der Waals surface area contributed by atoms with Crippen LogP contribution in [0, 0.1) is 0 Å². The van der Waals surface area contributed by atoms with Gasteiger partial charge in [0.1, 0.15) is 0 Å². The van der Waals surface area contributed by atoms with Crippen LogP contribution in [0.5, 0.6) is 0 Å². The van der Waals surface area contributed by atoms with E-state index in [9.17, 15) is 0 Å². The lowest BCUT2D eigenvalue weighted by atomic mass is 10.1. The maximum atomic E-state index is 8.83. The molecule has 0 aliphatic heterocycles. The number of rotatable bonds is 7. The van der Waals surface area contributed by atoms with E-state index in [1.807, 2.05) is 6.08 Å². The second-order valence-electron chi connectivity index (χ2n) is 3.18. The summed E-state index contributed by atoms with van der Waals surface area (Å²) in [5, 5.41) is 8.83. The van der Waals surface area contributed by atoms with Crippen LogP contribution in [-0.2, 0) is 0 Å². The van der Waals surface area contributed by atoms with Crippen molar-refractivity contribution in [3.05, 3.63) is 12.7 Å². The normalized spacial score (nSPS) is 13.3. The average Bonchev–Trinajstić information content (AvgIpc) is 2.04. The molecule has 0 aliphatic rings. The van der Waals surface area contributed by atoms with Gasteiger partial charge in [-0.2, -0.15) is 0 Å². The Hall–Kier alpha value is -0.340. The maximum absolute atomic E-state index is 8.83. The number of likely N-dealkylation sites (N-methyl/N-ethyl adjacent to an activating group) is 1. The van der Waals surface area contributed by atoms with Crippen molar-refractivity contribution in [2.45, 2.75) is 32.2 Å². The summed E-state index contributed by atoms with van der Waals surface area (Å²) in [5.74, 6) is 0. The van der Waals surface area contributed by atoms with Crippen LogP contribution < -0.4 is 0 Å². The van der Waals surface area contributed by atoms with Crippen molar-refractivity contribution in [3.63, 3.8) is 0 Å². The first-order chi connectivity index (χ1) is 5.76. The van der Waals surface area contributed by atoms with Crippen LogP contribution >= 0.6 is 0 Å². The summed E-state index contributed by atoms with van der Waals surface area (Å²) in [4.78, 5) is 2.24. The Balaban J connectivity index is 3.80. The van der Waals surface area contributed by atoms with Gasteiger partial charge in [-0.05, 0) is 19.9 Å². The highest BCUT2D eigenvalue weighted by Gasteiger charge is 2.10. The highest BCUT2D eigenvalue weighted by Crippen LogP contribution is 2.08. The van der Waals surface area contributed by atoms with Gasteiger partial charge in [0.25, 0.3) is 0 Å². The largest absolute Gasteiger partial charge is 0.396 e. The Kier molecular flexibility index (Phi) is 7.11. The summed E-state index contributed by atoms with van der Waals surface area (Å²) in [6.07, 6.45) is 5.11. The molecule has 2 heteroatoms. The first kappa shape index (κ1) is 11.7. The number of nitrogens with zero attached hydrogens (tertiary/aromatic N) is 1. The lowest BCUT2D eigenvalue weighted by Crippen LogP contribution is -2.32. The summed E-state index contributed by atoms with van der Waals surface area (Å²) in [5.41, 5.74) is 0. The van der Waals surface area contributed by atoms with Gasteiger partial charge in [-0.1, -0.05) is 19.4 Å². The summed E-state index contributed by atoms with van der Waals surface area (Å²) in [7, 11) is 2.08. The molecule has 0 heterocycles. The van der Waals surface area contributed by atoms with Crippen molar-refractivity contribution in [2.24, 2.45) is 0 Å². The summed E-state index contributed by atoms with van der Waals surface area (Å²) in [6, 6.07) is 0.512. The fraction of sp³-hybridized carbons (Fsp3) is 0.800. The van der Waals surface area contributed by atoms with Crippen molar-refractivity contribution in [1.82, 2.24) is 4.90 Å². The van der Waals surface area contributed by atoms with Crippen molar-refractivity contribution in [1.29, 1.82) is 0 Å². The quantitative estimate of drug-likeness (QED) is 0.589. The van der Waals surface area contributed by atoms with Crippen molar-refractivity contribution < 1.29 is 5.11 Å². The molecule has 0 aliphatic carbocycles. The van der Waals surface area contributed by atoms with Crippen molar-refractivity contribution in [3.8, 4) is 0 Å². The smallest absolute Gasteiger partial charge is 0.0445 e. The zero-order valence-electron chi connectivity index (χ0n) is 8.29. The predicted octanol–water partition coefficient (Wildman–Crippen LogP) is 1.66. The van der Waals surface area contributed by atoms with Crippen molar-refractivity contribution in [2.75, 3.05) is 20.2 Å². The Morgan fingerprint density at radius 3 is 2.58 bits per heavy atom. The Morgan fingerprint density at radius 2 is 2.17 bits per heavy atom. The van der Waals surface area contributed by atoms with Gasteiger partial charge in [-0.3, -0.25) is 4.90 Å². The Bertz CT molecular complexity index is 108. The Labute approximate surface area is 75.9 Å². The molecule has 12 heavy (non-hydrogen) atoms. The van der Waals surface area contributed by atoms with E-state index >= 15 is 0 Å². The minimum absolute atomic E-state index is 0.284. The van der Waals surface area contributed by atoms with Gasteiger partial charge in [0.15, 0.2) is 0 Å². The third-order valence-electron chi connectivity index (χ3n) is 2.12. The molecule has 0 spiro atoms. The topological polar surface area (TPSA) is 23.5 Å². The third kappa shape index (κ3) is 4.52. The molecule has 0 aromatic rings. The van der Waals surface area contributed by atoms with Crippen LogP contribution in [0.4, 0.5) is 0 Å². The maximum Gasteiger partial charge on any atom is 0.0445 e. The molecule has 0 saturated carbocycles. The van der Waals surface area contributed by atoms with Crippen LogP contribution in [0.3, 0.4) is 0 Å².